The van der Waals surface area contributed by atoms with E-state index in [-0.39, 0.29) is 12.5 Å². The first-order valence-electron chi connectivity index (χ1n) is 5.79. The Morgan fingerprint density at radius 3 is 2.90 bits per heavy atom. The van der Waals surface area contributed by atoms with Gasteiger partial charge < -0.3 is 4.74 Å². The van der Waals surface area contributed by atoms with Crippen molar-refractivity contribution < 1.29 is 9.53 Å². The van der Waals surface area contributed by atoms with E-state index in [9.17, 15) is 4.79 Å². The Kier molecular flexibility index (Phi) is 5.70. The lowest BCUT2D eigenvalue weighted by molar-refractivity contribution is -0.118. The summed E-state index contributed by atoms with van der Waals surface area (Å²) < 4.78 is 5.35. The predicted molar refractivity (Wildman–Crippen MR) is 84.9 cm³/mol. The Morgan fingerprint density at radius 1 is 1.45 bits per heavy atom. The minimum atomic E-state index is -0.231. The number of nitrogens with zero attached hydrogens (tertiary/aromatic N) is 1. The maximum Gasteiger partial charge on any atom is 0.264 e. The molecule has 7 heteroatoms. The fourth-order valence-corrected chi connectivity index (χ4v) is 2.82. The lowest BCUT2D eigenvalue weighted by Crippen LogP contribution is -2.20. The molecule has 0 atom stereocenters. The summed E-state index contributed by atoms with van der Waals surface area (Å²) >= 11 is 8.87. The number of carbonyl (C=O) groups excluding carboxylic acids is 1. The van der Waals surface area contributed by atoms with Gasteiger partial charge in [-0.25, -0.2) is 4.98 Å². The Morgan fingerprint density at radius 2 is 2.20 bits per heavy atom. The topological polar surface area (TPSA) is 51.2 Å². The Hall–Kier alpha value is -1.24. The quantitative estimate of drug-likeness (QED) is 0.879. The molecule has 1 heterocycles. The molecule has 106 valence electrons. The van der Waals surface area contributed by atoms with Gasteiger partial charge in [-0.2, -0.15) is 11.8 Å². The van der Waals surface area contributed by atoms with Crippen LogP contribution < -0.4 is 10.1 Å². The minimum Gasteiger partial charge on any atom is -0.484 e. The molecular weight excluding hydrogens is 316 g/mol. The van der Waals surface area contributed by atoms with Crippen molar-refractivity contribution in [1.29, 1.82) is 0 Å². The largest absolute Gasteiger partial charge is 0.484 e. The lowest BCUT2D eigenvalue weighted by Gasteiger charge is -2.05. The van der Waals surface area contributed by atoms with Crippen LogP contribution in [0.4, 0.5) is 5.13 Å². The first kappa shape index (κ1) is 15.2. The van der Waals surface area contributed by atoms with E-state index in [0.29, 0.717) is 15.9 Å². The van der Waals surface area contributed by atoms with Gasteiger partial charge in [0.05, 0.1) is 5.69 Å². The summed E-state index contributed by atoms with van der Waals surface area (Å²) in [5.41, 5.74) is 0.969. The van der Waals surface area contributed by atoms with Crippen molar-refractivity contribution in [1.82, 2.24) is 4.98 Å². The first-order chi connectivity index (χ1) is 9.67. The summed E-state index contributed by atoms with van der Waals surface area (Å²) in [6, 6.07) is 6.86. The molecule has 0 fully saturated rings. The standard InChI is InChI=1S/C13H13ClN2O2S2/c1-19-7-10-8-20-13(15-10)16-12(17)6-18-11-4-2-9(14)3-5-11/h2-5,8H,6-7H2,1H3,(H,15,16,17). The monoisotopic (exact) mass is 328 g/mol. The van der Waals surface area contributed by atoms with Crippen molar-refractivity contribution in [2.75, 3.05) is 18.2 Å². The zero-order valence-corrected chi connectivity index (χ0v) is 13.1. The van der Waals surface area contributed by atoms with Gasteiger partial charge in [0.15, 0.2) is 11.7 Å². The average Bonchev–Trinajstić information content (AvgIpc) is 2.86. The number of amides is 1. The molecule has 0 radical (unpaired) electrons. The number of thioether (sulfide) groups is 1. The van der Waals surface area contributed by atoms with Gasteiger partial charge in [0.1, 0.15) is 5.75 Å². The van der Waals surface area contributed by atoms with Crippen molar-refractivity contribution in [3.63, 3.8) is 0 Å². The zero-order chi connectivity index (χ0) is 14.4. The van der Waals surface area contributed by atoms with Gasteiger partial charge in [-0.05, 0) is 30.5 Å². The van der Waals surface area contributed by atoms with Gasteiger partial charge in [-0.3, -0.25) is 10.1 Å². The second kappa shape index (κ2) is 7.52. The number of hydrogen-bond donors (Lipinski definition) is 1. The first-order valence-corrected chi connectivity index (χ1v) is 8.44. The number of carbonyl (C=O) groups is 1. The van der Waals surface area contributed by atoms with Crippen molar-refractivity contribution >= 4 is 45.7 Å². The average molecular weight is 329 g/mol. The highest BCUT2D eigenvalue weighted by molar-refractivity contribution is 7.97. The van der Waals surface area contributed by atoms with Crippen LogP contribution in [0.25, 0.3) is 0 Å². The molecule has 0 saturated carbocycles. The molecule has 0 aliphatic heterocycles. The third-order valence-corrected chi connectivity index (χ3v) is 3.92. The van der Waals surface area contributed by atoms with E-state index in [1.54, 1.807) is 36.0 Å². The number of rotatable bonds is 6. The number of anilines is 1. The summed E-state index contributed by atoms with van der Waals surface area (Å²) in [6.07, 6.45) is 2.01. The van der Waals surface area contributed by atoms with Crippen LogP contribution in [-0.4, -0.2) is 23.8 Å². The Labute approximate surface area is 130 Å². The van der Waals surface area contributed by atoms with Crippen LogP contribution in [0, 0.1) is 0 Å². The molecule has 2 aromatic rings. The number of ether oxygens (including phenoxy) is 1. The second-order valence-electron chi connectivity index (χ2n) is 3.87. The number of nitrogens with one attached hydrogen (secondary N) is 1. The van der Waals surface area contributed by atoms with Gasteiger partial charge in [-0.1, -0.05) is 11.6 Å². The fourth-order valence-electron chi connectivity index (χ4n) is 1.41. The minimum absolute atomic E-state index is 0.0565. The number of aromatic nitrogens is 1. The molecule has 0 unspecified atom stereocenters. The third kappa shape index (κ3) is 4.70. The molecule has 0 spiro atoms. The van der Waals surface area contributed by atoms with E-state index >= 15 is 0 Å². The maximum absolute atomic E-state index is 11.7. The molecule has 0 bridgehead atoms. The van der Waals surface area contributed by atoms with E-state index in [4.69, 9.17) is 16.3 Å². The molecule has 4 nitrogen and oxygen atoms in total. The van der Waals surface area contributed by atoms with Crippen molar-refractivity contribution in [3.05, 3.63) is 40.4 Å². The van der Waals surface area contributed by atoms with E-state index in [1.807, 2.05) is 11.6 Å². The molecular formula is C13H13ClN2O2S2. The van der Waals surface area contributed by atoms with E-state index in [0.717, 1.165) is 11.4 Å². The highest BCUT2D eigenvalue weighted by atomic mass is 35.5. The zero-order valence-electron chi connectivity index (χ0n) is 10.8. The van der Waals surface area contributed by atoms with E-state index < -0.39 is 0 Å². The molecule has 1 N–H and O–H groups in total. The number of halogens is 1. The van der Waals surface area contributed by atoms with Crippen LogP contribution in [0.5, 0.6) is 5.75 Å². The summed E-state index contributed by atoms with van der Waals surface area (Å²) in [4.78, 5) is 16.0. The molecule has 1 aromatic heterocycles. The second-order valence-corrected chi connectivity index (χ2v) is 6.03. The van der Waals surface area contributed by atoms with Crippen LogP contribution >= 0.6 is 34.7 Å². The van der Waals surface area contributed by atoms with Crippen LogP contribution in [0.2, 0.25) is 5.02 Å². The highest BCUT2D eigenvalue weighted by Crippen LogP contribution is 2.19. The van der Waals surface area contributed by atoms with Crippen LogP contribution in [-0.2, 0) is 10.5 Å². The summed E-state index contributed by atoms with van der Waals surface area (Å²) in [5, 5.41) is 5.87. The molecule has 20 heavy (non-hydrogen) atoms. The molecule has 1 amide bonds. The summed E-state index contributed by atoms with van der Waals surface area (Å²) in [6.45, 7) is -0.0565. The molecule has 0 saturated heterocycles. The Balaban J connectivity index is 1.81. The Bertz CT molecular complexity index is 572. The van der Waals surface area contributed by atoms with Crippen molar-refractivity contribution in [2.45, 2.75) is 5.75 Å². The van der Waals surface area contributed by atoms with Gasteiger partial charge in [0.25, 0.3) is 5.91 Å². The van der Waals surface area contributed by atoms with Crippen molar-refractivity contribution in [3.8, 4) is 5.75 Å². The fraction of sp³-hybridized carbons (Fsp3) is 0.231. The van der Waals surface area contributed by atoms with E-state index in [1.165, 1.54) is 11.3 Å². The normalized spacial score (nSPS) is 10.3. The lowest BCUT2D eigenvalue weighted by atomic mass is 10.3. The molecule has 2 rings (SSSR count). The number of hydrogen-bond acceptors (Lipinski definition) is 5. The molecule has 1 aromatic carbocycles. The van der Waals surface area contributed by atoms with Gasteiger partial charge in [0, 0.05) is 16.2 Å². The number of thiazole rings is 1. The smallest absolute Gasteiger partial charge is 0.264 e. The number of benzene rings is 1. The van der Waals surface area contributed by atoms with Crippen LogP contribution in [0.1, 0.15) is 5.69 Å². The van der Waals surface area contributed by atoms with Gasteiger partial charge in [-0.15, -0.1) is 11.3 Å². The maximum atomic E-state index is 11.7. The predicted octanol–water partition coefficient (Wildman–Crippen LogP) is 3.68. The molecule has 0 aliphatic carbocycles. The van der Waals surface area contributed by atoms with Crippen LogP contribution in [0.15, 0.2) is 29.6 Å². The SMILES string of the molecule is CSCc1csc(NC(=O)COc2ccc(Cl)cc2)n1. The van der Waals surface area contributed by atoms with Gasteiger partial charge >= 0.3 is 0 Å². The summed E-state index contributed by atoms with van der Waals surface area (Å²) in [7, 11) is 0. The van der Waals surface area contributed by atoms with Crippen LogP contribution in [0.3, 0.4) is 0 Å². The van der Waals surface area contributed by atoms with Crippen molar-refractivity contribution in [2.24, 2.45) is 0 Å². The van der Waals surface area contributed by atoms with E-state index in [2.05, 4.69) is 10.3 Å². The molecule has 0 aliphatic rings. The highest BCUT2D eigenvalue weighted by Gasteiger charge is 2.07. The van der Waals surface area contributed by atoms with Gasteiger partial charge in [0.2, 0.25) is 0 Å². The third-order valence-electron chi connectivity index (χ3n) is 2.27. The summed E-state index contributed by atoms with van der Waals surface area (Å²) in [5.74, 6) is 1.21.